The molecular formula is C16H27NSi. The van der Waals surface area contributed by atoms with Crippen molar-refractivity contribution in [3.8, 4) is 0 Å². The Labute approximate surface area is 113 Å². The van der Waals surface area contributed by atoms with Gasteiger partial charge in [-0.3, -0.25) is 4.90 Å². The van der Waals surface area contributed by atoms with Crippen LogP contribution in [-0.2, 0) is 12.0 Å². The van der Waals surface area contributed by atoms with E-state index < -0.39 is 8.07 Å². The average molecular weight is 261 g/mol. The third-order valence-electron chi connectivity index (χ3n) is 4.37. The highest BCUT2D eigenvalue weighted by Crippen LogP contribution is 2.43. The lowest BCUT2D eigenvalue weighted by Gasteiger charge is -2.49. The molecule has 1 atom stereocenters. The summed E-state index contributed by atoms with van der Waals surface area (Å²) in [6.07, 6.45) is 2.44. The molecule has 100 valence electrons. The Bertz CT molecular complexity index is 421. The van der Waals surface area contributed by atoms with E-state index in [0.29, 0.717) is 5.54 Å². The van der Waals surface area contributed by atoms with Gasteiger partial charge >= 0.3 is 0 Å². The quantitative estimate of drug-likeness (QED) is 0.740. The number of rotatable bonds is 3. The van der Waals surface area contributed by atoms with Crippen LogP contribution in [0.5, 0.6) is 0 Å². The largest absolute Gasteiger partial charge is 0.297 e. The van der Waals surface area contributed by atoms with Crippen molar-refractivity contribution in [1.29, 1.82) is 0 Å². The number of hydrogen-bond acceptors (Lipinski definition) is 1. The molecule has 18 heavy (non-hydrogen) atoms. The van der Waals surface area contributed by atoms with Gasteiger partial charge in [-0.25, -0.2) is 0 Å². The van der Waals surface area contributed by atoms with Crippen molar-refractivity contribution < 1.29 is 0 Å². The Morgan fingerprint density at radius 2 is 1.89 bits per heavy atom. The average Bonchev–Trinajstić information content (AvgIpc) is 2.31. The minimum atomic E-state index is -1.09. The zero-order valence-corrected chi connectivity index (χ0v) is 13.6. The molecule has 0 bridgehead atoms. The summed E-state index contributed by atoms with van der Waals surface area (Å²) >= 11 is 0. The summed E-state index contributed by atoms with van der Waals surface area (Å²) in [5.41, 5.74) is 3.47. The summed E-state index contributed by atoms with van der Waals surface area (Å²) in [5, 5.41) is 0. The molecule has 1 unspecified atom stereocenters. The summed E-state index contributed by atoms with van der Waals surface area (Å²) in [6, 6.07) is 10.5. The first-order valence-corrected chi connectivity index (χ1v) is 10.9. The van der Waals surface area contributed by atoms with E-state index in [1.54, 1.807) is 11.1 Å². The zero-order valence-electron chi connectivity index (χ0n) is 12.6. The second-order valence-electron chi connectivity index (χ2n) is 6.95. The molecule has 0 amide bonds. The van der Waals surface area contributed by atoms with E-state index in [2.05, 4.69) is 62.8 Å². The molecule has 2 rings (SSSR count). The van der Waals surface area contributed by atoms with E-state index >= 15 is 0 Å². The Kier molecular flexibility index (Phi) is 3.70. The summed E-state index contributed by atoms with van der Waals surface area (Å²) in [5.74, 6) is 0. The zero-order chi connectivity index (χ0) is 13.4. The van der Waals surface area contributed by atoms with Gasteiger partial charge in [0, 0.05) is 20.2 Å². The van der Waals surface area contributed by atoms with Crippen LogP contribution < -0.4 is 0 Å². The highest BCUT2D eigenvalue weighted by atomic mass is 28.3. The second-order valence-corrected chi connectivity index (χ2v) is 12.4. The topological polar surface area (TPSA) is 3.24 Å². The van der Waals surface area contributed by atoms with Gasteiger partial charge in [0.25, 0.3) is 0 Å². The van der Waals surface area contributed by atoms with Crippen molar-refractivity contribution >= 4 is 8.07 Å². The second kappa shape index (κ2) is 4.82. The molecule has 1 aromatic rings. The van der Waals surface area contributed by atoms with E-state index in [-0.39, 0.29) is 0 Å². The van der Waals surface area contributed by atoms with Crippen molar-refractivity contribution in [1.82, 2.24) is 4.90 Å². The predicted molar refractivity (Wildman–Crippen MR) is 82.9 cm³/mol. The van der Waals surface area contributed by atoms with E-state index in [9.17, 15) is 0 Å². The van der Waals surface area contributed by atoms with Gasteiger partial charge in [0.2, 0.25) is 0 Å². The number of benzene rings is 1. The smallest absolute Gasteiger partial charge is 0.0464 e. The van der Waals surface area contributed by atoms with E-state index in [4.69, 9.17) is 0 Å². The van der Waals surface area contributed by atoms with Crippen LogP contribution in [-0.4, -0.2) is 26.6 Å². The molecule has 0 fully saturated rings. The molecule has 2 heteroatoms. The number of hydrogen-bond donors (Lipinski definition) is 0. The molecule has 1 aromatic carbocycles. The van der Waals surface area contributed by atoms with E-state index in [1.807, 2.05) is 0 Å². The molecule has 1 aliphatic heterocycles. The fourth-order valence-electron chi connectivity index (χ4n) is 3.59. The van der Waals surface area contributed by atoms with Crippen molar-refractivity contribution in [3.63, 3.8) is 0 Å². The van der Waals surface area contributed by atoms with E-state index in [1.165, 1.54) is 25.4 Å². The van der Waals surface area contributed by atoms with Crippen LogP contribution >= 0.6 is 0 Å². The van der Waals surface area contributed by atoms with Crippen LogP contribution in [0.15, 0.2) is 24.3 Å². The summed E-state index contributed by atoms with van der Waals surface area (Å²) in [7, 11) is 1.23. The third kappa shape index (κ3) is 2.41. The lowest BCUT2D eigenvalue weighted by molar-refractivity contribution is 0.117. The van der Waals surface area contributed by atoms with Gasteiger partial charge in [-0.15, -0.1) is 0 Å². The number of fused-ring (bicyclic) bond motifs is 1. The van der Waals surface area contributed by atoms with Gasteiger partial charge in [-0.05, 0) is 37.1 Å². The lowest BCUT2D eigenvalue weighted by atomic mass is 9.80. The molecule has 0 radical (unpaired) electrons. The molecule has 0 saturated carbocycles. The van der Waals surface area contributed by atoms with E-state index in [0.717, 1.165) is 0 Å². The van der Waals surface area contributed by atoms with Gasteiger partial charge in [0.15, 0.2) is 0 Å². The van der Waals surface area contributed by atoms with Crippen LogP contribution in [0.25, 0.3) is 0 Å². The minimum absolute atomic E-state index is 0.291. The number of likely N-dealkylation sites (N-methyl/N-ethyl adjacent to an activating group) is 1. The molecule has 0 aliphatic carbocycles. The maximum Gasteiger partial charge on any atom is 0.0464 e. The van der Waals surface area contributed by atoms with Crippen LogP contribution in [0, 0.1) is 0 Å². The fraction of sp³-hybridized carbons (Fsp3) is 0.625. The SMILES string of the molecule is CCC1(C[Si](C)(C)C)c2ccccc2CCN1C. The Balaban J connectivity index is 2.50. The molecule has 0 spiro atoms. The molecule has 0 saturated heterocycles. The predicted octanol–water partition coefficient (Wildman–Crippen LogP) is 4.12. The lowest BCUT2D eigenvalue weighted by Crippen LogP contribution is -2.51. The monoisotopic (exact) mass is 261 g/mol. The van der Waals surface area contributed by atoms with Gasteiger partial charge in [-0.2, -0.15) is 0 Å². The first-order valence-electron chi connectivity index (χ1n) is 7.19. The minimum Gasteiger partial charge on any atom is -0.297 e. The summed E-state index contributed by atoms with van der Waals surface area (Å²) < 4.78 is 0. The summed E-state index contributed by atoms with van der Waals surface area (Å²) in [6.45, 7) is 11.1. The Morgan fingerprint density at radius 3 is 2.50 bits per heavy atom. The molecule has 1 aliphatic rings. The Morgan fingerprint density at radius 1 is 1.22 bits per heavy atom. The molecule has 1 nitrogen and oxygen atoms in total. The first-order chi connectivity index (χ1) is 8.39. The van der Waals surface area contributed by atoms with Gasteiger partial charge in [0.05, 0.1) is 0 Å². The number of nitrogens with zero attached hydrogens (tertiary/aromatic N) is 1. The van der Waals surface area contributed by atoms with Crippen LogP contribution in [0.1, 0.15) is 24.5 Å². The van der Waals surface area contributed by atoms with Crippen LogP contribution in [0.4, 0.5) is 0 Å². The van der Waals surface area contributed by atoms with Gasteiger partial charge < -0.3 is 0 Å². The molecule has 1 heterocycles. The van der Waals surface area contributed by atoms with Crippen molar-refractivity contribution in [2.75, 3.05) is 13.6 Å². The maximum atomic E-state index is 2.62. The normalized spacial score (nSPS) is 24.9. The highest BCUT2D eigenvalue weighted by Gasteiger charge is 2.41. The third-order valence-corrected chi connectivity index (χ3v) is 6.02. The fourth-order valence-corrected chi connectivity index (χ4v) is 6.06. The van der Waals surface area contributed by atoms with Gasteiger partial charge in [-0.1, -0.05) is 50.8 Å². The molecular weight excluding hydrogens is 234 g/mol. The highest BCUT2D eigenvalue weighted by molar-refractivity contribution is 6.76. The summed E-state index contributed by atoms with van der Waals surface area (Å²) in [4.78, 5) is 2.62. The van der Waals surface area contributed by atoms with Crippen LogP contribution in [0.2, 0.25) is 25.7 Å². The first kappa shape index (κ1) is 13.8. The van der Waals surface area contributed by atoms with Crippen LogP contribution in [0.3, 0.4) is 0 Å². The van der Waals surface area contributed by atoms with Gasteiger partial charge in [0.1, 0.15) is 0 Å². The van der Waals surface area contributed by atoms with Crippen molar-refractivity contribution in [2.24, 2.45) is 0 Å². The van der Waals surface area contributed by atoms with Crippen molar-refractivity contribution in [2.45, 2.75) is 51.0 Å². The molecule has 0 aromatic heterocycles. The Hall–Kier alpha value is -0.603. The van der Waals surface area contributed by atoms with Crippen molar-refractivity contribution in [3.05, 3.63) is 35.4 Å². The maximum absolute atomic E-state index is 2.62. The molecule has 0 N–H and O–H groups in total. The standard InChI is InChI=1S/C16H27NSi/c1-6-16(13-18(3,4)5)15-10-8-7-9-14(15)11-12-17(16)2/h7-10H,6,11-13H2,1-5H3.